The number of benzene rings is 2. The van der Waals surface area contributed by atoms with Crippen molar-refractivity contribution < 1.29 is 14.4 Å². The van der Waals surface area contributed by atoms with Crippen LogP contribution in [0.4, 0.5) is 0 Å². The molecule has 0 aliphatic carbocycles. The molecule has 0 unspecified atom stereocenters. The third kappa shape index (κ3) is 3.32. The molecule has 1 aromatic heterocycles. The number of aliphatic hydroxyl groups is 1. The van der Waals surface area contributed by atoms with Crippen LogP contribution in [0.2, 0.25) is 0 Å². The second-order valence-electron chi connectivity index (χ2n) is 4.97. The fourth-order valence-corrected chi connectivity index (χ4v) is 2.05. The molecule has 0 saturated carbocycles. The molecule has 5 heteroatoms. The van der Waals surface area contributed by atoms with Crippen LogP contribution >= 0.6 is 0 Å². The highest BCUT2D eigenvalue weighted by atomic mass is 16.5. The van der Waals surface area contributed by atoms with Crippen LogP contribution in [0.3, 0.4) is 0 Å². The molecule has 0 saturated heterocycles. The second-order valence-corrected chi connectivity index (χ2v) is 4.97. The van der Waals surface area contributed by atoms with Gasteiger partial charge in [-0.25, -0.2) is 0 Å². The van der Waals surface area contributed by atoms with E-state index < -0.39 is 0 Å². The highest BCUT2D eigenvalue weighted by Gasteiger charge is 2.09. The van der Waals surface area contributed by atoms with Crippen molar-refractivity contribution in [2.45, 2.75) is 20.1 Å². The van der Waals surface area contributed by atoms with Crippen molar-refractivity contribution in [3.05, 3.63) is 65.5 Å². The van der Waals surface area contributed by atoms with Crippen LogP contribution in [0.15, 0.2) is 53.1 Å². The number of aromatic nitrogens is 2. The fourth-order valence-electron chi connectivity index (χ4n) is 2.05. The minimum absolute atomic E-state index is 0.0177. The molecule has 0 aliphatic rings. The average Bonchev–Trinajstić information content (AvgIpc) is 3.02. The molecule has 112 valence electrons. The van der Waals surface area contributed by atoms with Crippen molar-refractivity contribution >= 4 is 0 Å². The third-order valence-electron chi connectivity index (χ3n) is 3.21. The van der Waals surface area contributed by atoms with Gasteiger partial charge < -0.3 is 14.4 Å². The molecule has 22 heavy (non-hydrogen) atoms. The van der Waals surface area contributed by atoms with E-state index in [2.05, 4.69) is 10.1 Å². The molecule has 0 spiro atoms. The maximum absolute atomic E-state index is 8.99. The summed E-state index contributed by atoms with van der Waals surface area (Å²) in [7, 11) is 0. The van der Waals surface area contributed by atoms with Gasteiger partial charge in [0.25, 0.3) is 5.89 Å². The van der Waals surface area contributed by atoms with Crippen LogP contribution in [0.1, 0.15) is 17.0 Å². The summed E-state index contributed by atoms with van der Waals surface area (Å²) in [5.74, 6) is 1.66. The second kappa shape index (κ2) is 6.41. The van der Waals surface area contributed by atoms with E-state index in [-0.39, 0.29) is 13.2 Å². The smallest absolute Gasteiger partial charge is 0.264 e. The van der Waals surface area contributed by atoms with Crippen LogP contribution in [-0.2, 0) is 13.2 Å². The molecule has 3 rings (SSSR count). The summed E-state index contributed by atoms with van der Waals surface area (Å²) in [6, 6.07) is 15.1. The number of hydrogen-bond acceptors (Lipinski definition) is 5. The molecule has 1 N–H and O–H groups in total. The Hall–Kier alpha value is -2.66. The summed E-state index contributed by atoms with van der Waals surface area (Å²) < 4.78 is 10.8. The lowest BCUT2D eigenvalue weighted by Gasteiger charge is -2.03. The fraction of sp³-hybridized carbons (Fsp3) is 0.176. The van der Waals surface area contributed by atoms with E-state index >= 15 is 0 Å². The van der Waals surface area contributed by atoms with Crippen LogP contribution in [0.25, 0.3) is 11.4 Å². The topological polar surface area (TPSA) is 68.4 Å². The molecular weight excluding hydrogens is 280 g/mol. The lowest BCUT2D eigenvalue weighted by atomic mass is 10.1. The van der Waals surface area contributed by atoms with E-state index in [9.17, 15) is 0 Å². The van der Waals surface area contributed by atoms with Crippen LogP contribution in [-0.4, -0.2) is 15.2 Å². The summed E-state index contributed by atoms with van der Waals surface area (Å²) in [5, 5.41) is 13.0. The summed E-state index contributed by atoms with van der Waals surface area (Å²) in [6.45, 7) is 2.24. The van der Waals surface area contributed by atoms with E-state index in [1.807, 2.05) is 31.2 Å². The normalized spacial score (nSPS) is 10.6. The first-order chi connectivity index (χ1) is 10.7. The lowest BCUT2D eigenvalue weighted by molar-refractivity contribution is 0.242. The summed E-state index contributed by atoms with van der Waals surface area (Å²) in [6.07, 6.45) is 0. The van der Waals surface area contributed by atoms with Gasteiger partial charge in [-0.15, -0.1) is 0 Å². The average molecular weight is 296 g/mol. The summed E-state index contributed by atoms with van der Waals surface area (Å²) >= 11 is 0. The number of hydrogen-bond donors (Lipinski definition) is 1. The van der Waals surface area contributed by atoms with Gasteiger partial charge in [0.1, 0.15) is 5.75 Å². The van der Waals surface area contributed by atoms with Gasteiger partial charge >= 0.3 is 0 Å². The first-order valence-electron chi connectivity index (χ1n) is 6.97. The lowest BCUT2D eigenvalue weighted by Crippen LogP contribution is -1.96. The highest BCUT2D eigenvalue weighted by Crippen LogP contribution is 2.18. The Balaban J connectivity index is 1.66. The summed E-state index contributed by atoms with van der Waals surface area (Å²) in [4.78, 5) is 4.33. The van der Waals surface area contributed by atoms with E-state index in [1.54, 1.807) is 24.3 Å². The Morgan fingerprint density at radius 2 is 1.95 bits per heavy atom. The Bertz CT molecular complexity index is 751. The van der Waals surface area contributed by atoms with Gasteiger partial charge in [0.2, 0.25) is 5.82 Å². The number of aliphatic hydroxyl groups excluding tert-OH is 1. The predicted octanol–water partition coefficient (Wildman–Crippen LogP) is 3.12. The maximum atomic E-state index is 8.99. The zero-order valence-corrected chi connectivity index (χ0v) is 12.2. The van der Waals surface area contributed by atoms with Gasteiger partial charge in [-0.05, 0) is 30.7 Å². The van der Waals surface area contributed by atoms with Crippen molar-refractivity contribution in [1.82, 2.24) is 10.1 Å². The Morgan fingerprint density at radius 3 is 2.68 bits per heavy atom. The van der Waals surface area contributed by atoms with Crippen LogP contribution in [0, 0.1) is 6.92 Å². The van der Waals surface area contributed by atoms with Crippen molar-refractivity contribution in [3.8, 4) is 17.1 Å². The first-order valence-corrected chi connectivity index (χ1v) is 6.97. The van der Waals surface area contributed by atoms with E-state index in [0.717, 1.165) is 16.7 Å². The molecule has 0 radical (unpaired) electrons. The summed E-state index contributed by atoms with van der Waals surface area (Å²) in [5.41, 5.74) is 2.90. The molecule has 0 fully saturated rings. The molecule has 0 amide bonds. The highest BCUT2D eigenvalue weighted by molar-refractivity contribution is 5.55. The zero-order valence-electron chi connectivity index (χ0n) is 12.2. The van der Waals surface area contributed by atoms with Crippen LogP contribution in [0.5, 0.6) is 5.75 Å². The Labute approximate surface area is 128 Å². The maximum Gasteiger partial charge on any atom is 0.264 e. The molecule has 1 heterocycles. The van der Waals surface area contributed by atoms with Gasteiger partial charge in [0.05, 0.1) is 6.61 Å². The van der Waals surface area contributed by atoms with Crippen molar-refractivity contribution in [2.75, 3.05) is 0 Å². The Morgan fingerprint density at radius 1 is 1.14 bits per heavy atom. The standard InChI is InChI=1S/C17H16N2O3/c1-12-3-2-4-14(9-12)17-18-16(22-19-17)11-21-15-7-5-13(10-20)6-8-15/h2-9,20H,10-11H2,1H3. The molecule has 5 nitrogen and oxygen atoms in total. The molecule has 0 atom stereocenters. The molecule has 0 bridgehead atoms. The van der Waals surface area contributed by atoms with Crippen LogP contribution < -0.4 is 4.74 Å². The molecule has 2 aromatic carbocycles. The van der Waals surface area contributed by atoms with Gasteiger partial charge in [-0.3, -0.25) is 0 Å². The molecular formula is C17H16N2O3. The predicted molar refractivity (Wildman–Crippen MR) is 81.2 cm³/mol. The zero-order chi connectivity index (χ0) is 15.4. The van der Waals surface area contributed by atoms with E-state index in [0.29, 0.717) is 17.5 Å². The van der Waals surface area contributed by atoms with Crippen molar-refractivity contribution in [1.29, 1.82) is 0 Å². The first kappa shape index (κ1) is 14.3. The SMILES string of the molecule is Cc1cccc(-c2noc(COc3ccc(CO)cc3)n2)c1. The van der Waals surface area contributed by atoms with Crippen molar-refractivity contribution in [2.24, 2.45) is 0 Å². The molecule has 0 aliphatic heterocycles. The number of nitrogens with zero attached hydrogens (tertiary/aromatic N) is 2. The Kier molecular flexibility index (Phi) is 4.16. The van der Waals surface area contributed by atoms with E-state index in [4.69, 9.17) is 14.4 Å². The minimum Gasteiger partial charge on any atom is -0.484 e. The quantitative estimate of drug-likeness (QED) is 0.783. The number of rotatable bonds is 5. The van der Waals surface area contributed by atoms with E-state index in [1.165, 1.54) is 0 Å². The minimum atomic E-state index is 0.0177. The monoisotopic (exact) mass is 296 g/mol. The van der Waals surface area contributed by atoms with Gasteiger partial charge in [-0.2, -0.15) is 4.98 Å². The van der Waals surface area contributed by atoms with Crippen molar-refractivity contribution in [3.63, 3.8) is 0 Å². The van der Waals surface area contributed by atoms with Gasteiger partial charge in [0, 0.05) is 5.56 Å². The van der Waals surface area contributed by atoms with Gasteiger partial charge in [0.15, 0.2) is 6.61 Å². The number of aryl methyl sites for hydroxylation is 1. The number of ether oxygens (including phenoxy) is 1. The third-order valence-corrected chi connectivity index (χ3v) is 3.21. The largest absolute Gasteiger partial charge is 0.484 e. The molecule has 3 aromatic rings. The van der Waals surface area contributed by atoms with Gasteiger partial charge in [-0.1, -0.05) is 41.1 Å².